The summed E-state index contributed by atoms with van der Waals surface area (Å²) in [6.45, 7) is 14.4. The van der Waals surface area contributed by atoms with Crippen LogP contribution in [0.4, 0.5) is 0 Å². The zero-order chi connectivity index (χ0) is 17.5. The molecule has 0 aromatic heterocycles. The molecular formula is C19H41N5. The van der Waals surface area contributed by atoms with Gasteiger partial charge in [-0.25, -0.2) is 0 Å². The molecule has 1 N–H and O–H groups in total. The molecule has 0 aromatic carbocycles. The van der Waals surface area contributed by atoms with Crippen LogP contribution in [0.3, 0.4) is 0 Å². The standard InChI is InChI=1S/C19H41N5/c1-17(2)20-18-6-9-23(10-7-18)14-12-22(5)13-15-24-11-8-19(16-24)21(3)4/h17-20H,6-16H2,1-5H3. The predicted molar refractivity (Wildman–Crippen MR) is 104 cm³/mol. The highest BCUT2D eigenvalue weighted by molar-refractivity contribution is 4.81. The summed E-state index contributed by atoms with van der Waals surface area (Å²) in [6.07, 6.45) is 3.94. The van der Waals surface area contributed by atoms with Gasteiger partial charge in [0.05, 0.1) is 0 Å². The van der Waals surface area contributed by atoms with Crippen molar-refractivity contribution in [2.75, 3.05) is 73.5 Å². The first-order valence-electron chi connectivity index (χ1n) is 9.99. The highest BCUT2D eigenvalue weighted by Gasteiger charge is 2.24. The fourth-order valence-electron chi connectivity index (χ4n) is 3.97. The summed E-state index contributed by atoms with van der Waals surface area (Å²) in [4.78, 5) is 10.2. The number of nitrogens with one attached hydrogen (secondary N) is 1. The van der Waals surface area contributed by atoms with Gasteiger partial charge >= 0.3 is 0 Å². The fraction of sp³-hybridized carbons (Fsp3) is 1.00. The summed E-state index contributed by atoms with van der Waals surface area (Å²) in [5.74, 6) is 0. The van der Waals surface area contributed by atoms with E-state index >= 15 is 0 Å². The van der Waals surface area contributed by atoms with E-state index in [-0.39, 0.29) is 0 Å². The zero-order valence-electron chi connectivity index (χ0n) is 16.8. The van der Waals surface area contributed by atoms with Gasteiger partial charge in [-0.15, -0.1) is 0 Å². The Morgan fingerprint density at radius 3 is 2.04 bits per heavy atom. The van der Waals surface area contributed by atoms with Crippen LogP contribution >= 0.6 is 0 Å². The Bertz CT molecular complexity index is 339. The van der Waals surface area contributed by atoms with Crippen molar-refractivity contribution in [1.82, 2.24) is 24.9 Å². The van der Waals surface area contributed by atoms with Crippen LogP contribution in [-0.2, 0) is 0 Å². The molecule has 0 amide bonds. The van der Waals surface area contributed by atoms with Crippen LogP contribution in [-0.4, -0.2) is 111 Å². The maximum absolute atomic E-state index is 3.68. The fourth-order valence-corrected chi connectivity index (χ4v) is 3.97. The summed E-state index contributed by atoms with van der Waals surface area (Å²) >= 11 is 0. The van der Waals surface area contributed by atoms with Crippen molar-refractivity contribution in [2.45, 2.75) is 51.2 Å². The molecule has 0 aromatic rings. The lowest BCUT2D eigenvalue weighted by atomic mass is 10.0. The molecule has 5 heteroatoms. The molecule has 2 fully saturated rings. The average molecular weight is 340 g/mol. The van der Waals surface area contributed by atoms with Crippen LogP contribution in [0.15, 0.2) is 0 Å². The Hall–Kier alpha value is -0.200. The minimum Gasteiger partial charge on any atom is -0.312 e. The first kappa shape index (κ1) is 20.1. The van der Waals surface area contributed by atoms with Gasteiger partial charge in [-0.05, 0) is 60.0 Å². The molecule has 24 heavy (non-hydrogen) atoms. The van der Waals surface area contributed by atoms with Crippen molar-refractivity contribution in [2.24, 2.45) is 0 Å². The Morgan fingerprint density at radius 2 is 1.50 bits per heavy atom. The SMILES string of the molecule is CC(C)NC1CCN(CCN(C)CCN2CCC(N(C)C)C2)CC1. The van der Waals surface area contributed by atoms with E-state index in [0.717, 1.165) is 12.1 Å². The molecule has 0 saturated carbocycles. The molecule has 0 aliphatic carbocycles. The van der Waals surface area contributed by atoms with E-state index in [9.17, 15) is 0 Å². The maximum atomic E-state index is 3.68. The van der Waals surface area contributed by atoms with Gasteiger partial charge < -0.3 is 24.9 Å². The van der Waals surface area contributed by atoms with E-state index in [1.54, 1.807) is 0 Å². The number of hydrogen-bond acceptors (Lipinski definition) is 5. The molecule has 1 atom stereocenters. The molecule has 0 spiro atoms. The lowest BCUT2D eigenvalue weighted by Crippen LogP contribution is -2.46. The van der Waals surface area contributed by atoms with Gasteiger partial charge in [0.1, 0.15) is 0 Å². The topological polar surface area (TPSA) is 25.0 Å². The first-order valence-corrected chi connectivity index (χ1v) is 9.99. The normalized spacial score (nSPS) is 24.8. The number of likely N-dealkylation sites (N-methyl/N-ethyl adjacent to an activating group) is 2. The molecule has 2 rings (SSSR count). The number of nitrogens with zero attached hydrogens (tertiary/aromatic N) is 4. The van der Waals surface area contributed by atoms with Gasteiger partial charge in [0.2, 0.25) is 0 Å². The Balaban J connectivity index is 1.53. The van der Waals surface area contributed by atoms with Crippen molar-refractivity contribution in [1.29, 1.82) is 0 Å². The predicted octanol–water partition coefficient (Wildman–Crippen LogP) is 1.02. The third kappa shape index (κ3) is 6.96. The molecule has 1 unspecified atom stereocenters. The molecule has 2 aliphatic rings. The van der Waals surface area contributed by atoms with Gasteiger partial charge in [0, 0.05) is 50.8 Å². The van der Waals surface area contributed by atoms with Crippen LogP contribution in [0.5, 0.6) is 0 Å². The molecule has 2 heterocycles. The van der Waals surface area contributed by atoms with Crippen LogP contribution in [0.1, 0.15) is 33.1 Å². The quantitative estimate of drug-likeness (QED) is 0.676. The highest BCUT2D eigenvalue weighted by atomic mass is 15.3. The van der Waals surface area contributed by atoms with Crippen LogP contribution in [0, 0.1) is 0 Å². The molecule has 2 saturated heterocycles. The second-order valence-electron chi connectivity index (χ2n) is 8.45. The highest BCUT2D eigenvalue weighted by Crippen LogP contribution is 2.13. The van der Waals surface area contributed by atoms with E-state index in [4.69, 9.17) is 0 Å². The van der Waals surface area contributed by atoms with Gasteiger partial charge in [-0.1, -0.05) is 13.8 Å². The Kier molecular flexibility index (Phi) is 8.44. The van der Waals surface area contributed by atoms with Crippen molar-refractivity contribution in [3.05, 3.63) is 0 Å². The van der Waals surface area contributed by atoms with Crippen LogP contribution < -0.4 is 5.32 Å². The number of piperidine rings is 1. The number of likely N-dealkylation sites (tertiary alicyclic amines) is 2. The van der Waals surface area contributed by atoms with Gasteiger partial charge in [0.15, 0.2) is 0 Å². The largest absolute Gasteiger partial charge is 0.312 e. The van der Waals surface area contributed by atoms with Gasteiger partial charge in [0.25, 0.3) is 0 Å². The molecule has 5 nitrogen and oxygen atoms in total. The number of rotatable bonds is 9. The zero-order valence-corrected chi connectivity index (χ0v) is 16.8. The molecular weight excluding hydrogens is 298 g/mol. The van der Waals surface area contributed by atoms with E-state index in [1.165, 1.54) is 71.6 Å². The van der Waals surface area contributed by atoms with Crippen molar-refractivity contribution >= 4 is 0 Å². The first-order chi connectivity index (χ1) is 11.4. The molecule has 0 radical (unpaired) electrons. The van der Waals surface area contributed by atoms with E-state index in [2.05, 4.69) is 59.9 Å². The lowest BCUT2D eigenvalue weighted by Gasteiger charge is -2.34. The van der Waals surface area contributed by atoms with Gasteiger partial charge in [-0.2, -0.15) is 0 Å². The molecule has 142 valence electrons. The monoisotopic (exact) mass is 339 g/mol. The summed E-state index contributed by atoms with van der Waals surface area (Å²) in [5.41, 5.74) is 0. The minimum absolute atomic E-state index is 0.616. The number of hydrogen-bond donors (Lipinski definition) is 1. The second kappa shape index (κ2) is 10.1. The minimum atomic E-state index is 0.616. The van der Waals surface area contributed by atoms with Crippen molar-refractivity contribution in [3.63, 3.8) is 0 Å². The van der Waals surface area contributed by atoms with Gasteiger partial charge in [-0.3, -0.25) is 0 Å². The lowest BCUT2D eigenvalue weighted by molar-refractivity contribution is 0.165. The van der Waals surface area contributed by atoms with E-state index < -0.39 is 0 Å². The molecule has 2 aliphatic heterocycles. The van der Waals surface area contributed by atoms with Crippen LogP contribution in [0.2, 0.25) is 0 Å². The third-order valence-corrected chi connectivity index (χ3v) is 5.73. The summed E-state index contributed by atoms with van der Waals surface area (Å²) in [7, 11) is 6.70. The smallest absolute Gasteiger partial charge is 0.0229 e. The summed E-state index contributed by atoms with van der Waals surface area (Å²) < 4.78 is 0. The average Bonchev–Trinajstić information content (AvgIpc) is 3.01. The third-order valence-electron chi connectivity index (χ3n) is 5.73. The van der Waals surface area contributed by atoms with E-state index in [1.807, 2.05) is 0 Å². The summed E-state index contributed by atoms with van der Waals surface area (Å²) in [6, 6.07) is 2.11. The van der Waals surface area contributed by atoms with Crippen molar-refractivity contribution in [3.8, 4) is 0 Å². The van der Waals surface area contributed by atoms with Crippen LogP contribution in [0.25, 0.3) is 0 Å². The second-order valence-corrected chi connectivity index (χ2v) is 8.45. The van der Waals surface area contributed by atoms with E-state index in [0.29, 0.717) is 6.04 Å². The Morgan fingerprint density at radius 1 is 0.917 bits per heavy atom. The Labute approximate surface area is 150 Å². The van der Waals surface area contributed by atoms with Crippen molar-refractivity contribution < 1.29 is 0 Å². The summed E-state index contributed by atoms with van der Waals surface area (Å²) in [5, 5.41) is 3.68. The maximum Gasteiger partial charge on any atom is 0.0229 e. The molecule has 0 bridgehead atoms.